The highest BCUT2D eigenvalue weighted by Crippen LogP contribution is 2.27. The maximum atomic E-state index is 11.7. The first-order chi connectivity index (χ1) is 9.31. The van der Waals surface area contributed by atoms with E-state index in [1.165, 1.54) is 30.0 Å². The second-order valence-electron chi connectivity index (χ2n) is 3.92. The first-order valence-electron chi connectivity index (χ1n) is 5.39. The van der Waals surface area contributed by atoms with Crippen LogP contribution in [0.25, 0.3) is 0 Å². The molecular weight excluding hydrogens is 322 g/mol. The van der Waals surface area contributed by atoms with Gasteiger partial charge in [-0.25, -0.2) is 0 Å². The molecule has 9 heteroatoms. The van der Waals surface area contributed by atoms with E-state index in [9.17, 15) is 14.9 Å². The van der Waals surface area contributed by atoms with Crippen LogP contribution in [0.3, 0.4) is 0 Å². The molecule has 0 fully saturated rings. The number of benzene rings is 1. The normalized spacial score (nSPS) is 9.95. The molecule has 0 heterocycles. The highest BCUT2D eigenvalue weighted by molar-refractivity contribution is 8.23. The van der Waals surface area contributed by atoms with E-state index in [-0.39, 0.29) is 28.1 Å². The van der Waals surface area contributed by atoms with E-state index < -0.39 is 4.92 Å². The second-order valence-corrected chi connectivity index (χ2v) is 5.96. The largest absolute Gasteiger partial charge is 0.364 e. The van der Waals surface area contributed by atoms with E-state index in [1.807, 2.05) is 0 Å². The van der Waals surface area contributed by atoms with Gasteiger partial charge in [-0.1, -0.05) is 35.6 Å². The Hall–Kier alpha value is -1.38. The average molecular weight is 334 g/mol. The van der Waals surface area contributed by atoms with Crippen molar-refractivity contribution >= 4 is 57.2 Å². The van der Waals surface area contributed by atoms with Gasteiger partial charge in [0, 0.05) is 25.2 Å². The zero-order valence-electron chi connectivity index (χ0n) is 10.8. The van der Waals surface area contributed by atoms with Crippen molar-refractivity contribution < 1.29 is 9.72 Å². The number of nitro groups is 1. The zero-order chi connectivity index (χ0) is 15.3. The monoisotopic (exact) mass is 333 g/mol. The predicted octanol–water partition coefficient (Wildman–Crippen LogP) is 2.77. The van der Waals surface area contributed by atoms with Crippen LogP contribution in [0.4, 0.5) is 11.4 Å². The summed E-state index contributed by atoms with van der Waals surface area (Å²) in [7, 11) is 3.55. The van der Waals surface area contributed by atoms with Gasteiger partial charge in [-0.2, -0.15) is 0 Å². The lowest BCUT2D eigenvalue weighted by Gasteiger charge is -2.12. The molecule has 1 rings (SSSR count). The lowest BCUT2D eigenvalue weighted by molar-refractivity contribution is -0.383. The van der Waals surface area contributed by atoms with Crippen molar-refractivity contribution in [3.8, 4) is 0 Å². The third-order valence-electron chi connectivity index (χ3n) is 2.12. The Morgan fingerprint density at radius 3 is 2.75 bits per heavy atom. The summed E-state index contributed by atoms with van der Waals surface area (Å²) in [4.78, 5) is 23.7. The number of rotatable bonds is 4. The molecule has 0 aliphatic carbocycles. The number of nitro benzene ring substituents is 1. The summed E-state index contributed by atoms with van der Waals surface area (Å²) in [5.41, 5.74) is -0.133. The number of thiocarbonyl (C=S) groups is 1. The maximum absolute atomic E-state index is 11.7. The number of nitrogens with zero attached hydrogens (tertiary/aromatic N) is 2. The average Bonchev–Trinajstić information content (AvgIpc) is 2.37. The van der Waals surface area contributed by atoms with Crippen molar-refractivity contribution in [2.45, 2.75) is 0 Å². The Labute approximate surface area is 130 Å². The number of anilines is 1. The van der Waals surface area contributed by atoms with Crippen LogP contribution in [0.15, 0.2) is 18.2 Å². The van der Waals surface area contributed by atoms with E-state index in [0.29, 0.717) is 4.32 Å². The minimum Gasteiger partial charge on any atom is -0.364 e. The Morgan fingerprint density at radius 2 is 2.20 bits per heavy atom. The molecule has 108 valence electrons. The Morgan fingerprint density at radius 1 is 1.55 bits per heavy atom. The third-order valence-corrected chi connectivity index (χ3v) is 4.09. The van der Waals surface area contributed by atoms with Gasteiger partial charge in [-0.05, 0) is 12.1 Å². The molecule has 0 saturated heterocycles. The minimum atomic E-state index is -0.598. The van der Waals surface area contributed by atoms with Gasteiger partial charge < -0.3 is 10.2 Å². The smallest absolute Gasteiger partial charge is 0.294 e. The molecule has 1 aromatic rings. The fourth-order valence-electron chi connectivity index (χ4n) is 1.20. The van der Waals surface area contributed by atoms with Gasteiger partial charge in [0.2, 0.25) is 5.91 Å². The first kappa shape index (κ1) is 16.7. The SMILES string of the molecule is CN(C)C(=S)SCC(=O)Nc1ccc(Cl)cc1[N+](=O)[O-]. The van der Waals surface area contributed by atoms with E-state index in [1.54, 1.807) is 19.0 Å². The summed E-state index contributed by atoms with van der Waals surface area (Å²) < 4.78 is 0.561. The van der Waals surface area contributed by atoms with Crippen LogP contribution < -0.4 is 5.32 Å². The molecule has 0 saturated carbocycles. The number of carbonyl (C=O) groups excluding carboxylic acids is 1. The van der Waals surface area contributed by atoms with Gasteiger partial charge in [-0.15, -0.1) is 0 Å². The van der Waals surface area contributed by atoms with E-state index >= 15 is 0 Å². The topological polar surface area (TPSA) is 75.5 Å². The van der Waals surface area contributed by atoms with Gasteiger partial charge in [0.15, 0.2) is 0 Å². The van der Waals surface area contributed by atoms with Gasteiger partial charge in [0.25, 0.3) is 5.69 Å². The van der Waals surface area contributed by atoms with Crippen molar-refractivity contribution in [2.24, 2.45) is 0 Å². The van der Waals surface area contributed by atoms with Crippen LogP contribution in [0.2, 0.25) is 5.02 Å². The van der Waals surface area contributed by atoms with Crippen molar-refractivity contribution in [1.82, 2.24) is 4.90 Å². The van der Waals surface area contributed by atoms with Crippen LogP contribution in [0, 0.1) is 10.1 Å². The van der Waals surface area contributed by atoms with Crippen molar-refractivity contribution in [2.75, 3.05) is 25.2 Å². The molecule has 0 atom stereocenters. The molecule has 0 bridgehead atoms. The van der Waals surface area contributed by atoms with Gasteiger partial charge in [0.1, 0.15) is 10.0 Å². The molecule has 1 N–H and O–H groups in total. The summed E-state index contributed by atoms with van der Waals surface area (Å²) in [6, 6.07) is 4.06. The first-order valence-corrected chi connectivity index (χ1v) is 7.16. The Kier molecular flexibility index (Phi) is 6.18. The summed E-state index contributed by atoms with van der Waals surface area (Å²) in [6.45, 7) is 0. The predicted molar refractivity (Wildman–Crippen MR) is 85.5 cm³/mol. The summed E-state index contributed by atoms with van der Waals surface area (Å²) in [5.74, 6) is -0.291. The number of hydrogen-bond acceptors (Lipinski definition) is 5. The molecular formula is C11H12ClN3O3S2. The van der Waals surface area contributed by atoms with Crippen LogP contribution in [-0.4, -0.2) is 39.9 Å². The molecule has 0 aromatic heterocycles. The van der Waals surface area contributed by atoms with Crippen molar-refractivity contribution in [1.29, 1.82) is 0 Å². The molecule has 0 radical (unpaired) electrons. The van der Waals surface area contributed by atoms with Gasteiger partial charge in [0.05, 0.1) is 10.7 Å². The number of amides is 1. The van der Waals surface area contributed by atoms with Crippen LogP contribution in [0.5, 0.6) is 0 Å². The number of nitrogens with one attached hydrogen (secondary N) is 1. The number of hydrogen-bond donors (Lipinski definition) is 1. The molecule has 6 nitrogen and oxygen atoms in total. The number of carbonyl (C=O) groups is 1. The summed E-state index contributed by atoms with van der Waals surface area (Å²) in [6.07, 6.45) is 0. The number of halogens is 1. The van der Waals surface area contributed by atoms with E-state index in [0.717, 1.165) is 0 Å². The standard InChI is InChI=1S/C11H12ClN3O3S2/c1-14(2)11(19)20-6-10(16)13-8-4-3-7(12)5-9(8)15(17)18/h3-5H,6H2,1-2H3,(H,13,16). The summed E-state index contributed by atoms with van der Waals surface area (Å²) >= 11 is 11.9. The molecule has 0 spiro atoms. The molecule has 1 amide bonds. The lowest BCUT2D eigenvalue weighted by atomic mass is 10.2. The molecule has 0 aliphatic rings. The molecule has 20 heavy (non-hydrogen) atoms. The zero-order valence-corrected chi connectivity index (χ0v) is 13.1. The Balaban J connectivity index is 2.71. The van der Waals surface area contributed by atoms with E-state index in [2.05, 4.69) is 5.32 Å². The van der Waals surface area contributed by atoms with Gasteiger partial charge in [-0.3, -0.25) is 14.9 Å². The third kappa shape index (κ3) is 4.95. The number of thioether (sulfide) groups is 1. The van der Waals surface area contributed by atoms with Crippen LogP contribution >= 0.6 is 35.6 Å². The maximum Gasteiger partial charge on any atom is 0.294 e. The lowest BCUT2D eigenvalue weighted by Crippen LogP contribution is -2.21. The van der Waals surface area contributed by atoms with Crippen LogP contribution in [-0.2, 0) is 4.79 Å². The van der Waals surface area contributed by atoms with Crippen LogP contribution in [0.1, 0.15) is 0 Å². The minimum absolute atomic E-state index is 0.0802. The molecule has 0 aliphatic heterocycles. The van der Waals surface area contributed by atoms with Gasteiger partial charge >= 0.3 is 0 Å². The van der Waals surface area contributed by atoms with Crippen molar-refractivity contribution in [3.05, 3.63) is 33.3 Å². The highest BCUT2D eigenvalue weighted by Gasteiger charge is 2.16. The fraction of sp³-hybridized carbons (Fsp3) is 0.273. The molecule has 1 aromatic carbocycles. The quantitative estimate of drug-likeness (QED) is 0.519. The van der Waals surface area contributed by atoms with E-state index in [4.69, 9.17) is 23.8 Å². The summed E-state index contributed by atoms with van der Waals surface area (Å²) in [5, 5.41) is 13.6. The highest BCUT2D eigenvalue weighted by atomic mass is 35.5. The Bertz CT molecular complexity index is 552. The fourth-order valence-corrected chi connectivity index (χ4v) is 2.13. The second kappa shape index (κ2) is 7.41. The molecule has 0 unspecified atom stereocenters. The van der Waals surface area contributed by atoms with Crippen molar-refractivity contribution in [3.63, 3.8) is 0 Å².